The van der Waals surface area contributed by atoms with Crippen molar-refractivity contribution in [1.82, 2.24) is 15.1 Å². The van der Waals surface area contributed by atoms with E-state index in [2.05, 4.69) is 12.2 Å². The van der Waals surface area contributed by atoms with Crippen LogP contribution in [0.4, 0.5) is 0 Å². The maximum absolute atomic E-state index is 12.4. The SMILES string of the molecule is C[C@@H]1CNC[C@H]1C(=O)N1CCCN(CC(=O)O)CC1. The Bertz CT molecular complexity index is 348. The van der Waals surface area contributed by atoms with Gasteiger partial charge in [0.2, 0.25) is 5.91 Å². The molecule has 0 aliphatic carbocycles. The summed E-state index contributed by atoms with van der Waals surface area (Å²) in [4.78, 5) is 27.0. The second kappa shape index (κ2) is 6.34. The largest absolute Gasteiger partial charge is 0.480 e. The zero-order valence-electron chi connectivity index (χ0n) is 11.5. The fourth-order valence-electron chi connectivity index (χ4n) is 2.92. The average molecular weight is 269 g/mol. The third-order valence-corrected chi connectivity index (χ3v) is 4.09. The molecule has 2 aliphatic heterocycles. The van der Waals surface area contributed by atoms with E-state index in [1.165, 1.54) is 0 Å². The van der Waals surface area contributed by atoms with Gasteiger partial charge in [-0.25, -0.2) is 0 Å². The zero-order chi connectivity index (χ0) is 13.8. The highest BCUT2D eigenvalue weighted by Crippen LogP contribution is 2.19. The first-order chi connectivity index (χ1) is 9.08. The molecule has 0 aromatic heterocycles. The van der Waals surface area contributed by atoms with Crippen molar-refractivity contribution >= 4 is 11.9 Å². The van der Waals surface area contributed by atoms with Crippen LogP contribution < -0.4 is 5.32 Å². The van der Waals surface area contributed by atoms with Crippen LogP contribution in [0.15, 0.2) is 0 Å². The van der Waals surface area contributed by atoms with Gasteiger partial charge >= 0.3 is 5.97 Å². The van der Waals surface area contributed by atoms with E-state index in [4.69, 9.17) is 5.11 Å². The monoisotopic (exact) mass is 269 g/mol. The van der Waals surface area contributed by atoms with E-state index in [1.807, 2.05) is 9.80 Å². The summed E-state index contributed by atoms with van der Waals surface area (Å²) in [6.07, 6.45) is 0.855. The number of hydrogen-bond acceptors (Lipinski definition) is 4. The highest BCUT2D eigenvalue weighted by Gasteiger charge is 2.33. The second-order valence-corrected chi connectivity index (χ2v) is 5.59. The maximum Gasteiger partial charge on any atom is 0.317 e. The first-order valence-electron chi connectivity index (χ1n) is 7.01. The van der Waals surface area contributed by atoms with E-state index in [-0.39, 0.29) is 18.4 Å². The van der Waals surface area contributed by atoms with Gasteiger partial charge in [0.1, 0.15) is 0 Å². The van der Waals surface area contributed by atoms with Crippen molar-refractivity contribution in [3.8, 4) is 0 Å². The molecular weight excluding hydrogens is 246 g/mol. The molecular formula is C13H23N3O3. The van der Waals surface area contributed by atoms with Crippen molar-refractivity contribution in [1.29, 1.82) is 0 Å². The van der Waals surface area contributed by atoms with Crippen molar-refractivity contribution in [2.24, 2.45) is 11.8 Å². The van der Waals surface area contributed by atoms with Gasteiger partial charge in [-0.15, -0.1) is 0 Å². The van der Waals surface area contributed by atoms with Gasteiger partial charge in [-0.2, -0.15) is 0 Å². The lowest BCUT2D eigenvalue weighted by Crippen LogP contribution is -2.41. The van der Waals surface area contributed by atoms with E-state index >= 15 is 0 Å². The minimum Gasteiger partial charge on any atom is -0.480 e. The molecule has 108 valence electrons. The molecule has 0 aromatic rings. The smallest absolute Gasteiger partial charge is 0.317 e. The Kier molecular flexibility index (Phi) is 4.76. The highest BCUT2D eigenvalue weighted by atomic mass is 16.4. The van der Waals surface area contributed by atoms with Crippen LogP contribution in [-0.4, -0.2) is 72.6 Å². The number of carbonyl (C=O) groups excluding carboxylic acids is 1. The molecule has 2 atom stereocenters. The molecule has 0 spiro atoms. The van der Waals surface area contributed by atoms with Crippen LogP contribution in [-0.2, 0) is 9.59 Å². The van der Waals surface area contributed by atoms with Crippen LogP contribution in [0.5, 0.6) is 0 Å². The lowest BCUT2D eigenvalue weighted by molar-refractivity contribution is -0.138. The molecule has 0 bridgehead atoms. The average Bonchev–Trinajstić information content (AvgIpc) is 2.64. The van der Waals surface area contributed by atoms with Gasteiger partial charge < -0.3 is 15.3 Å². The van der Waals surface area contributed by atoms with Gasteiger partial charge in [-0.1, -0.05) is 6.92 Å². The number of carbonyl (C=O) groups is 2. The molecule has 1 amide bonds. The van der Waals surface area contributed by atoms with Gasteiger partial charge in [0, 0.05) is 32.7 Å². The van der Waals surface area contributed by atoms with Gasteiger partial charge in [0.25, 0.3) is 0 Å². The zero-order valence-corrected chi connectivity index (χ0v) is 11.5. The minimum absolute atomic E-state index is 0.0728. The second-order valence-electron chi connectivity index (χ2n) is 5.59. The molecule has 2 rings (SSSR count). The van der Waals surface area contributed by atoms with Crippen LogP contribution in [0.2, 0.25) is 0 Å². The highest BCUT2D eigenvalue weighted by molar-refractivity contribution is 5.79. The van der Waals surface area contributed by atoms with Crippen LogP contribution >= 0.6 is 0 Å². The van der Waals surface area contributed by atoms with E-state index in [0.717, 1.165) is 32.6 Å². The molecule has 2 saturated heterocycles. The van der Waals surface area contributed by atoms with Crippen LogP contribution in [0.1, 0.15) is 13.3 Å². The first-order valence-corrected chi connectivity index (χ1v) is 7.01. The molecule has 6 heteroatoms. The van der Waals surface area contributed by atoms with Crippen LogP contribution in [0, 0.1) is 11.8 Å². The molecule has 0 radical (unpaired) electrons. The predicted octanol–water partition coefficient (Wildman–Crippen LogP) is -0.539. The van der Waals surface area contributed by atoms with Crippen molar-refractivity contribution in [2.75, 3.05) is 45.8 Å². The Labute approximate surface area is 113 Å². The normalized spacial score (nSPS) is 29.2. The molecule has 19 heavy (non-hydrogen) atoms. The van der Waals surface area contributed by atoms with Crippen molar-refractivity contribution < 1.29 is 14.7 Å². The summed E-state index contributed by atoms with van der Waals surface area (Å²) < 4.78 is 0. The Morgan fingerprint density at radius 3 is 2.63 bits per heavy atom. The molecule has 0 saturated carbocycles. The molecule has 2 fully saturated rings. The number of amides is 1. The maximum atomic E-state index is 12.4. The van der Waals surface area contributed by atoms with Crippen molar-refractivity contribution in [3.05, 3.63) is 0 Å². The standard InChI is InChI=1S/C13H23N3O3/c1-10-7-14-8-11(10)13(19)16-4-2-3-15(5-6-16)9-12(17)18/h10-11,14H,2-9H2,1H3,(H,17,18)/t10-,11-/m1/s1. The molecule has 2 heterocycles. The predicted molar refractivity (Wildman–Crippen MR) is 70.8 cm³/mol. The summed E-state index contributed by atoms with van der Waals surface area (Å²) in [6, 6.07) is 0. The third-order valence-electron chi connectivity index (χ3n) is 4.09. The molecule has 2 N–H and O–H groups in total. The third kappa shape index (κ3) is 3.67. The molecule has 0 aromatic carbocycles. The minimum atomic E-state index is -0.798. The van der Waals surface area contributed by atoms with Gasteiger partial charge in [0.05, 0.1) is 12.5 Å². The Morgan fingerprint density at radius 1 is 1.21 bits per heavy atom. The number of hydrogen-bond donors (Lipinski definition) is 2. The lowest BCUT2D eigenvalue weighted by atomic mass is 9.96. The Hall–Kier alpha value is -1.14. The lowest BCUT2D eigenvalue weighted by Gasteiger charge is -2.25. The van der Waals surface area contributed by atoms with Crippen LogP contribution in [0.25, 0.3) is 0 Å². The molecule has 6 nitrogen and oxygen atoms in total. The first kappa shape index (κ1) is 14.3. The van der Waals surface area contributed by atoms with Crippen molar-refractivity contribution in [2.45, 2.75) is 13.3 Å². The molecule has 0 unspecified atom stereocenters. The Balaban J connectivity index is 1.88. The fourth-order valence-corrected chi connectivity index (χ4v) is 2.92. The number of nitrogens with one attached hydrogen (secondary N) is 1. The van der Waals surface area contributed by atoms with E-state index in [9.17, 15) is 9.59 Å². The van der Waals surface area contributed by atoms with Gasteiger partial charge in [0.15, 0.2) is 0 Å². The number of aliphatic carboxylic acids is 1. The summed E-state index contributed by atoms with van der Waals surface area (Å²) in [6.45, 7) is 6.68. The summed E-state index contributed by atoms with van der Waals surface area (Å²) >= 11 is 0. The Morgan fingerprint density at radius 2 is 2.00 bits per heavy atom. The fraction of sp³-hybridized carbons (Fsp3) is 0.846. The topological polar surface area (TPSA) is 72.9 Å². The summed E-state index contributed by atoms with van der Waals surface area (Å²) in [5.74, 6) is -0.0834. The van der Waals surface area contributed by atoms with E-state index < -0.39 is 5.97 Å². The number of rotatable bonds is 3. The molecule has 2 aliphatic rings. The number of carboxylic acids is 1. The summed E-state index contributed by atoms with van der Waals surface area (Å²) in [5, 5.41) is 12.1. The van der Waals surface area contributed by atoms with Crippen LogP contribution in [0.3, 0.4) is 0 Å². The number of nitrogens with zero attached hydrogens (tertiary/aromatic N) is 2. The quantitative estimate of drug-likeness (QED) is 0.720. The van der Waals surface area contributed by atoms with Crippen molar-refractivity contribution in [3.63, 3.8) is 0 Å². The van der Waals surface area contributed by atoms with Gasteiger partial charge in [-0.3, -0.25) is 14.5 Å². The van der Waals surface area contributed by atoms with E-state index in [1.54, 1.807) is 0 Å². The summed E-state index contributed by atoms with van der Waals surface area (Å²) in [5.41, 5.74) is 0. The number of carboxylic acid groups (broad SMARTS) is 1. The summed E-state index contributed by atoms with van der Waals surface area (Å²) in [7, 11) is 0. The van der Waals surface area contributed by atoms with E-state index in [0.29, 0.717) is 19.0 Å². The van der Waals surface area contributed by atoms with Gasteiger partial charge in [-0.05, 0) is 18.9 Å².